The van der Waals surface area contributed by atoms with E-state index in [2.05, 4.69) is 39.8 Å². The Bertz CT molecular complexity index is 656. The molecule has 0 unspecified atom stereocenters. The van der Waals surface area contributed by atoms with Gasteiger partial charge in [-0.3, -0.25) is 9.48 Å². The van der Waals surface area contributed by atoms with Crippen LogP contribution in [0.2, 0.25) is 0 Å². The summed E-state index contributed by atoms with van der Waals surface area (Å²) in [5.41, 5.74) is -0.594. The van der Waals surface area contributed by atoms with Crippen LogP contribution in [0.25, 0.3) is 0 Å². The molecule has 8 heteroatoms. The minimum atomic E-state index is -0.594. The topological polar surface area (TPSA) is 89.7 Å². The zero-order chi connectivity index (χ0) is 17.0. The van der Waals surface area contributed by atoms with Crippen LogP contribution in [0.5, 0.6) is 0 Å². The van der Waals surface area contributed by atoms with Gasteiger partial charge in [-0.1, -0.05) is 13.8 Å². The fraction of sp³-hybridized carbons (Fsp3) is 0.625. The van der Waals surface area contributed by atoms with E-state index in [9.17, 15) is 4.79 Å². The van der Waals surface area contributed by atoms with Gasteiger partial charge in [-0.15, -0.1) is 10.2 Å². The first-order valence-electron chi connectivity index (χ1n) is 8.50. The molecule has 2 N–H and O–H groups in total. The largest absolute Gasteiger partial charge is 0.352 e. The Morgan fingerprint density at radius 1 is 1.42 bits per heavy atom. The summed E-state index contributed by atoms with van der Waals surface area (Å²) < 4.78 is 3.80. The Kier molecular flexibility index (Phi) is 4.94. The second-order valence-corrected chi connectivity index (χ2v) is 6.53. The van der Waals surface area contributed by atoms with Crippen molar-refractivity contribution in [2.75, 3.05) is 19.6 Å². The molecule has 0 bridgehead atoms. The van der Waals surface area contributed by atoms with Gasteiger partial charge in [0.15, 0.2) is 0 Å². The van der Waals surface area contributed by atoms with Crippen molar-refractivity contribution < 1.29 is 4.79 Å². The number of hydrogen-bond acceptors (Lipinski definition) is 5. The van der Waals surface area contributed by atoms with E-state index in [1.807, 2.05) is 21.5 Å². The van der Waals surface area contributed by atoms with Gasteiger partial charge in [0.05, 0.1) is 0 Å². The summed E-state index contributed by atoms with van der Waals surface area (Å²) in [5.74, 6) is 1.28. The lowest BCUT2D eigenvalue weighted by Crippen LogP contribution is -2.55. The van der Waals surface area contributed by atoms with Crippen LogP contribution in [0.3, 0.4) is 0 Å². The van der Waals surface area contributed by atoms with E-state index >= 15 is 0 Å². The Hall–Kier alpha value is -2.22. The second kappa shape index (κ2) is 7.12. The zero-order valence-electron chi connectivity index (χ0n) is 14.3. The average Bonchev–Trinajstić information content (AvgIpc) is 3.27. The molecule has 130 valence electrons. The highest BCUT2D eigenvalue weighted by Crippen LogP contribution is 2.27. The maximum Gasteiger partial charge on any atom is 0.248 e. The third-order valence-electron chi connectivity index (χ3n) is 4.60. The van der Waals surface area contributed by atoms with E-state index in [0.717, 1.165) is 31.8 Å². The van der Waals surface area contributed by atoms with Gasteiger partial charge in [0.2, 0.25) is 5.91 Å². The highest BCUT2D eigenvalue weighted by molar-refractivity contribution is 5.84. The van der Waals surface area contributed by atoms with Crippen LogP contribution in [-0.2, 0) is 16.9 Å². The molecule has 0 aromatic carbocycles. The molecule has 3 rings (SSSR count). The number of carbonyl (C=O) groups is 1. The quantitative estimate of drug-likeness (QED) is 0.804. The van der Waals surface area contributed by atoms with Crippen molar-refractivity contribution in [2.24, 2.45) is 0 Å². The van der Waals surface area contributed by atoms with E-state index in [1.165, 1.54) is 0 Å². The predicted molar refractivity (Wildman–Crippen MR) is 89.4 cm³/mol. The van der Waals surface area contributed by atoms with Gasteiger partial charge in [0, 0.05) is 31.4 Å². The lowest BCUT2D eigenvalue weighted by Gasteiger charge is -2.36. The minimum absolute atomic E-state index is 0.0341. The SMILES string of the molecule is CC(C)c1nncn1CCNC(=O)C1(n2cccn2)CCNCC1. The first kappa shape index (κ1) is 16.6. The van der Waals surface area contributed by atoms with Crippen LogP contribution in [0, 0.1) is 0 Å². The number of carbonyl (C=O) groups excluding carboxylic acids is 1. The molecule has 1 aliphatic rings. The Labute approximate surface area is 141 Å². The van der Waals surface area contributed by atoms with E-state index in [0.29, 0.717) is 19.0 Å². The molecule has 1 amide bonds. The fourth-order valence-corrected chi connectivity index (χ4v) is 3.26. The zero-order valence-corrected chi connectivity index (χ0v) is 14.3. The molecule has 3 heterocycles. The van der Waals surface area contributed by atoms with Gasteiger partial charge in [-0.05, 0) is 32.0 Å². The van der Waals surface area contributed by atoms with E-state index in [4.69, 9.17) is 0 Å². The van der Waals surface area contributed by atoms with Crippen molar-refractivity contribution in [3.05, 3.63) is 30.6 Å². The van der Waals surface area contributed by atoms with Crippen LogP contribution < -0.4 is 10.6 Å². The average molecular weight is 331 g/mol. The summed E-state index contributed by atoms with van der Waals surface area (Å²) in [4.78, 5) is 12.9. The standard InChI is InChI=1S/C16H25N7O/c1-13(2)14-21-19-12-22(14)11-9-18-15(24)16(4-7-17-8-5-16)23-10-3-6-20-23/h3,6,10,12-13,17H,4-5,7-9,11H2,1-2H3,(H,18,24). The third kappa shape index (κ3) is 3.19. The number of piperidine rings is 1. The predicted octanol–water partition coefficient (Wildman–Crippen LogP) is 0.493. The molecule has 1 saturated heterocycles. The van der Waals surface area contributed by atoms with E-state index in [-0.39, 0.29) is 5.91 Å². The highest BCUT2D eigenvalue weighted by Gasteiger charge is 2.41. The van der Waals surface area contributed by atoms with Crippen LogP contribution in [0.15, 0.2) is 24.8 Å². The Morgan fingerprint density at radius 2 is 2.21 bits per heavy atom. The lowest BCUT2D eigenvalue weighted by atomic mass is 9.87. The first-order chi connectivity index (χ1) is 11.6. The summed E-state index contributed by atoms with van der Waals surface area (Å²) >= 11 is 0. The number of nitrogens with zero attached hydrogens (tertiary/aromatic N) is 5. The molecule has 0 aliphatic carbocycles. The summed E-state index contributed by atoms with van der Waals surface area (Å²) in [5, 5.41) is 18.8. The maximum absolute atomic E-state index is 12.9. The van der Waals surface area contributed by atoms with Gasteiger partial charge in [-0.2, -0.15) is 5.10 Å². The number of rotatable bonds is 6. The van der Waals surface area contributed by atoms with Gasteiger partial charge in [-0.25, -0.2) is 0 Å². The van der Waals surface area contributed by atoms with Gasteiger partial charge in [0.25, 0.3) is 0 Å². The van der Waals surface area contributed by atoms with Crippen molar-refractivity contribution in [1.82, 2.24) is 35.2 Å². The first-order valence-corrected chi connectivity index (χ1v) is 8.50. The Balaban J connectivity index is 1.65. The molecule has 0 radical (unpaired) electrons. The summed E-state index contributed by atoms with van der Waals surface area (Å²) in [6.07, 6.45) is 6.80. The lowest BCUT2D eigenvalue weighted by molar-refractivity contribution is -0.132. The van der Waals surface area contributed by atoms with E-state index < -0.39 is 5.54 Å². The van der Waals surface area contributed by atoms with Crippen LogP contribution in [-0.4, -0.2) is 50.1 Å². The van der Waals surface area contributed by atoms with Gasteiger partial charge >= 0.3 is 0 Å². The summed E-state index contributed by atoms with van der Waals surface area (Å²) in [6, 6.07) is 1.86. The molecule has 2 aromatic rings. The second-order valence-electron chi connectivity index (χ2n) is 6.53. The Morgan fingerprint density at radius 3 is 2.88 bits per heavy atom. The highest BCUT2D eigenvalue weighted by atomic mass is 16.2. The molecule has 0 saturated carbocycles. The molecule has 1 aliphatic heterocycles. The molecule has 24 heavy (non-hydrogen) atoms. The molecular weight excluding hydrogens is 306 g/mol. The maximum atomic E-state index is 12.9. The molecular formula is C16H25N7O. The number of nitrogens with one attached hydrogen (secondary N) is 2. The smallest absolute Gasteiger partial charge is 0.248 e. The molecule has 2 aromatic heterocycles. The third-order valence-corrected chi connectivity index (χ3v) is 4.60. The number of aromatic nitrogens is 5. The molecule has 8 nitrogen and oxygen atoms in total. The summed E-state index contributed by atoms with van der Waals surface area (Å²) in [6.45, 7) is 7.01. The van der Waals surface area contributed by atoms with E-state index in [1.54, 1.807) is 12.5 Å². The minimum Gasteiger partial charge on any atom is -0.352 e. The van der Waals surface area contributed by atoms with Crippen molar-refractivity contribution in [1.29, 1.82) is 0 Å². The summed E-state index contributed by atoms with van der Waals surface area (Å²) in [7, 11) is 0. The number of hydrogen-bond donors (Lipinski definition) is 2. The van der Waals surface area contributed by atoms with Crippen molar-refractivity contribution >= 4 is 5.91 Å². The molecule has 1 fully saturated rings. The molecule has 0 spiro atoms. The van der Waals surface area contributed by atoms with Crippen molar-refractivity contribution in [3.8, 4) is 0 Å². The van der Waals surface area contributed by atoms with Gasteiger partial charge < -0.3 is 15.2 Å². The van der Waals surface area contributed by atoms with Gasteiger partial charge in [0.1, 0.15) is 17.7 Å². The van der Waals surface area contributed by atoms with Crippen LogP contribution >= 0.6 is 0 Å². The van der Waals surface area contributed by atoms with Crippen molar-refractivity contribution in [2.45, 2.75) is 44.7 Å². The number of amides is 1. The normalized spacial score (nSPS) is 17.1. The van der Waals surface area contributed by atoms with Crippen LogP contribution in [0.1, 0.15) is 38.4 Å². The fourth-order valence-electron chi connectivity index (χ4n) is 3.26. The van der Waals surface area contributed by atoms with Crippen molar-refractivity contribution in [3.63, 3.8) is 0 Å². The monoisotopic (exact) mass is 331 g/mol. The molecule has 0 atom stereocenters. The van der Waals surface area contributed by atoms with Crippen LogP contribution in [0.4, 0.5) is 0 Å².